The van der Waals surface area contributed by atoms with Gasteiger partial charge in [-0.25, -0.2) is 0 Å². The van der Waals surface area contributed by atoms with Crippen LogP contribution in [0.3, 0.4) is 0 Å². The van der Waals surface area contributed by atoms with Crippen molar-refractivity contribution in [2.75, 3.05) is 23.3 Å². The fourth-order valence-electron chi connectivity index (χ4n) is 2.09. The highest BCUT2D eigenvalue weighted by Crippen LogP contribution is 2.17. The Balaban J connectivity index is 2.18. The number of nitrogens with zero attached hydrogens (tertiary/aromatic N) is 2. The molecule has 0 saturated carbocycles. The Kier molecular flexibility index (Phi) is 5.17. The molecule has 1 N–H and O–H groups in total. The fraction of sp³-hybridized carbons (Fsp3) is 0.250. The minimum absolute atomic E-state index is 0.244. The van der Waals surface area contributed by atoms with Crippen LogP contribution in [0.4, 0.5) is 11.4 Å². The van der Waals surface area contributed by atoms with Gasteiger partial charge in [0.2, 0.25) is 0 Å². The number of carbonyl (C=O) groups is 1. The third-order valence-electron chi connectivity index (χ3n) is 3.19. The summed E-state index contributed by atoms with van der Waals surface area (Å²) >= 11 is 5.91. The van der Waals surface area contributed by atoms with Crippen LogP contribution in [-0.4, -0.2) is 24.0 Å². The minimum atomic E-state index is -0.244. The van der Waals surface area contributed by atoms with Crippen molar-refractivity contribution in [3.05, 3.63) is 53.3 Å². The predicted molar refractivity (Wildman–Crippen MR) is 87.2 cm³/mol. The van der Waals surface area contributed by atoms with Gasteiger partial charge in [-0.3, -0.25) is 9.78 Å². The Morgan fingerprint density at radius 3 is 2.67 bits per heavy atom. The molecule has 0 aliphatic heterocycles. The van der Waals surface area contributed by atoms with E-state index in [1.54, 1.807) is 36.5 Å². The average molecular weight is 304 g/mol. The largest absolute Gasteiger partial charge is 0.372 e. The normalized spacial score (nSPS) is 10.2. The van der Waals surface area contributed by atoms with Gasteiger partial charge < -0.3 is 10.2 Å². The number of hydrogen-bond acceptors (Lipinski definition) is 3. The minimum Gasteiger partial charge on any atom is -0.372 e. The van der Waals surface area contributed by atoms with Crippen molar-refractivity contribution in [2.24, 2.45) is 0 Å². The Morgan fingerprint density at radius 2 is 2.00 bits per heavy atom. The number of hydrogen-bond donors (Lipinski definition) is 1. The maximum atomic E-state index is 12.2. The summed E-state index contributed by atoms with van der Waals surface area (Å²) < 4.78 is 0. The molecular formula is C16H18ClN3O. The maximum absolute atomic E-state index is 12.2. The van der Waals surface area contributed by atoms with Crippen molar-refractivity contribution < 1.29 is 4.79 Å². The molecule has 5 heteroatoms. The molecule has 0 spiro atoms. The van der Waals surface area contributed by atoms with Crippen LogP contribution in [0.15, 0.2) is 42.6 Å². The third-order valence-corrected chi connectivity index (χ3v) is 3.42. The van der Waals surface area contributed by atoms with Crippen LogP contribution < -0.4 is 10.2 Å². The molecule has 0 bridgehead atoms. The zero-order valence-corrected chi connectivity index (χ0v) is 12.9. The monoisotopic (exact) mass is 303 g/mol. The third kappa shape index (κ3) is 3.95. The molecule has 110 valence electrons. The number of rotatable bonds is 5. The molecule has 0 atom stereocenters. The predicted octanol–water partition coefficient (Wildman–Crippen LogP) is 3.83. The van der Waals surface area contributed by atoms with Gasteiger partial charge in [-0.15, -0.1) is 0 Å². The summed E-state index contributed by atoms with van der Waals surface area (Å²) in [6.07, 6.45) is 1.65. The lowest BCUT2D eigenvalue weighted by Gasteiger charge is -2.21. The van der Waals surface area contributed by atoms with Crippen LogP contribution >= 0.6 is 11.6 Å². The van der Waals surface area contributed by atoms with Crippen LogP contribution in [0.25, 0.3) is 0 Å². The Hall–Kier alpha value is -2.07. The molecule has 4 nitrogen and oxygen atoms in total. The first-order valence-electron chi connectivity index (χ1n) is 6.92. The average Bonchev–Trinajstić information content (AvgIpc) is 2.49. The number of halogens is 1. The van der Waals surface area contributed by atoms with Crippen molar-refractivity contribution in [3.63, 3.8) is 0 Å². The quantitative estimate of drug-likeness (QED) is 0.913. The van der Waals surface area contributed by atoms with Crippen LogP contribution in [0.1, 0.15) is 24.3 Å². The SMILES string of the molecule is CCN(CC)c1ccnc(C(=O)Nc2cccc(Cl)c2)c1. The lowest BCUT2D eigenvalue weighted by Crippen LogP contribution is -2.22. The first-order valence-corrected chi connectivity index (χ1v) is 7.29. The van der Waals surface area contributed by atoms with Crippen LogP contribution in [0.5, 0.6) is 0 Å². The van der Waals surface area contributed by atoms with E-state index in [1.807, 2.05) is 6.07 Å². The highest BCUT2D eigenvalue weighted by Gasteiger charge is 2.10. The Labute approximate surface area is 129 Å². The summed E-state index contributed by atoms with van der Waals surface area (Å²) in [6.45, 7) is 5.93. The number of carbonyl (C=O) groups excluding carboxylic acids is 1. The molecule has 1 aromatic heterocycles. The second-order valence-corrected chi connectivity index (χ2v) is 4.97. The van der Waals surface area contributed by atoms with Crippen molar-refractivity contribution in [3.8, 4) is 0 Å². The molecule has 2 aromatic rings. The summed E-state index contributed by atoms with van der Waals surface area (Å²) in [5, 5.41) is 3.38. The number of anilines is 2. The van der Waals surface area contributed by atoms with Gasteiger partial charge in [0.05, 0.1) is 0 Å². The second-order valence-electron chi connectivity index (χ2n) is 4.54. The zero-order chi connectivity index (χ0) is 15.2. The fourth-order valence-corrected chi connectivity index (χ4v) is 2.28. The molecule has 0 radical (unpaired) electrons. The smallest absolute Gasteiger partial charge is 0.274 e. The highest BCUT2D eigenvalue weighted by molar-refractivity contribution is 6.30. The van der Waals surface area contributed by atoms with Crippen LogP contribution in [-0.2, 0) is 0 Å². The molecule has 0 unspecified atom stereocenters. The molecule has 0 saturated heterocycles. The van der Waals surface area contributed by atoms with E-state index in [-0.39, 0.29) is 5.91 Å². The van der Waals surface area contributed by atoms with Gasteiger partial charge in [-0.2, -0.15) is 0 Å². The molecule has 1 heterocycles. The summed E-state index contributed by atoms with van der Waals surface area (Å²) in [4.78, 5) is 18.5. The van der Waals surface area contributed by atoms with E-state index < -0.39 is 0 Å². The molecule has 21 heavy (non-hydrogen) atoms. The van der Waals surface area contributed by atoms with E-state index in [0.29, 0.717) is 16.4 Å². The molecular weight excluding hydrogens is 286 g/mol. The molecule has 0 aliphatic rings. The van der Waals surface area contributed by atoms with Gasteiger partial charge >= 0.3 is 0 Å². The Bertz CT molecular complexity index is 626. The number of aromatic nitrogens is 1. The molecule has 0 fully saturated rings. The highest BCUT2D eigenvalue weighted by atomic mass is 35.5. The van der Waals surface area contributed by atoms with E-state index in [1.165, 1.54) is 0 Å². The molecule has 0 aliphatic carbocycles. The zero-order valence-electron chi connectivity index (χ0n) is 12.1. The van der Waals surface area contributed by atoms with Crippen molar-refractivity contribution in [1.29, 1.82) is 0 Å². The van der Waals surface area contributed by atoms with Gasteiger partial charge in [0.1, 0.15) is 5.69 Å². The van der Waals surface area contributed by atoms with Gasteiger partial charge in [0.15, 0.2) is 0 Å². The Morgan fingerprint density at radius 1 is 1.24 bits per heavy atom. The number of amides is 1. The van der Waals surface area contributed by atoms with Gasteiger partial charge in [-0.1, -0.05) is 17.7 Å². The van der Waals surface area contributed by atoms with Gasteiger partial charge in [0, 0.05) is 35.7 Å². The van der Waals surface area contributed by atoms with Gasteiger partial charge in [-0.05, 0) is 44.2 Å². The van der Waals surface area contributed by atoms with Gasteiger partial charge in [0.25, 0.3) is 5.91 Å². The summed E-state index contributed by atoms with van der Waals surface area (Å²) in [5.74, 6) is -0.244. The lowest BCUT2D eigenvalue weighted by atomic mass is 10.2. The van der Waals surface area contributed by atoms with E-state index in [9.17, 15) is 4.79 Å². The molecule has 2 rings (SSSR count). The van der Waals surface area contributed by atoms with Crippen molar-refractivity contribution in [2.45, 2.75) is 13.8 Å². The van der Waals surface area contributed by atoms with Crippen LogP contribution in [0.2, 0.25) is 5.02 Å². The van der Waals surface area contributed by atoms with E-state index >= 15 is 0 Å². The first-order chi connectivity index (χ1) is 10.1. The van der Waals surface area contributed by atoms with E-state index in [2.05, 4.69) is 29.0 Å². The number of nitrogens with one attached hydrogen (secondary N) is 1. The molecule has 1 aromatic carbocycles. The topological polar surface area (TPSA) is 45.2 Å². The van der Waals surface area contributed by atoms with Crippen molar-refractivity contribution >= 4 is 28.9 Å². The number of benzene rings is 1. The van der Waals surface area contributed by atoms with E-state index in [0.717, 1.165) is 18.8 Å². The molecule has 1 amide bonds. The lowest BCUT2D eigenvalue weighted by molar-refractivity contribution is 0.102. The summed E-state index contributed by atoms with van der Waals surface area (Å²) in [6, 6.07) is 10.7. The summed E-state index contributed by atoms with van der Waals surface area (Å²) in [7, 11) is 0. The second kappa shape index (κ2) is 7.09. The van der Waals surface area contributed by atoms with Crippen LogP contribution in [0, 0.1) is 0 Å². The number of pyridine rings is 1. The summed E-state index contributed by atoms with van der Waals surface area (Å²) in [5.41, 5.74) is 2.04. The van der Waals surface area contributed by atoms with Crippen molar-refractivity contribution in [1.82, 2.24) is 4.98 Å². The maximum Gasteiger partial charge on any atom is 0.274 e. The first kappa shape index (κ1) is 15.3. The standard InChI is InChI=1S/C16H18ClN3O/c1-3-20(4-2)14-8-9-18-15(11-14)16(21)19-13-7-5-6-12(17)10-13/h5-11H,3-4H2,1-2H3,(H,19,21). The van der Waals surface area contributed by atoms with E-state index in [4.69, 9.17) is 11.6 Å².